The predicted molar refractivity (Wildman–Crippen MR) is 232 cm³/mol. The van der Waals surface area contributed by atoms with Gasteiger partial charge < -0.3 is 4.90 Å². The molecule has 10 aromatic rings. The third kappa shape index (κ3) is 6.59. The smallest absolute Gasteiger partial charge is 0.164 e. The van der Waals surface area contributed by atoms with Crippen LogP contribution in [0.15, 0.2) is 200 Å². The first kappa shape index (κ1) is 33.3. The quantitative estimate of drug-likeness (QED) is 0.155. The van der Waals surface area contributed by atoms with Crippen molar-refractivity contribution in [3.63, 3.8) is 0 Å². The molecule has 0 bridgehead atoms. The van der Waals surface area contributed by atoms with Crippen molar-refractivity contribution in [1.82, 2.24) is 19.9 Å². The second-order valence-corrected chi connectivity index (χ2v) is 14.6. The summed E-state index contributed by atoms with van der Waals surface area (Å²) in [7, 11) is 0. The Morgan fingerprint density at radius 1 is 0.321 bits per heavy atom. The topological polar surface area (TPSA) is 54.8 Å². The summed E-state index contributed by atoms with van der Waals surface area (Å²) < 4.78 is 1.20. The summed E-state index contributed by atoms with van der Waals surface area (Å²) in [6, 6.07) is 69.5. The molecular weight excluding hydrogens is 703 g/mol. The molecule has 0 amide bonds. The Labute approximate surface area is 328 Å². The van der Waals surface area contributed by atoms with Gasteiger partial charge in [-0.1, -0.05) is 127 Å². The van der Waals surface area contributed by atoms with Crippen LogP contribution in [0.25, 0.3) is 76.9 Å². The van der Waals surface area contributed by atoms with Gasteiger partial charge in [-0.3, -0.25) is 0 Å². The number of thiazole rings is 1. The van der Waals surface area contributed by atoms with Crippen LogP contribution in [0.2, 0.25) is 0 Å². The minimum atomic E-state index is 0.642. The first-order chi connectivity index (χ1) is 27.7. The van der Waals surface area contributed by atoms with Gasteiger partial charge in [0.1, 0.15) is 5.01 Å². The number of nitrogens with zero attached hydrogens (tertiary/aromatic N) is 5. The molecule has 5 nitrogen and oxygen atoms in total. The van der Waals surface area contributed by atoms with Gasteiger partial charge in [-0.15, -0.1) is 11.3 Å². The van der Waals surface area contributed by atoms with E-state index >= 15 is 0 Å². The summed E-state index contributed by atoms with van der Waals surface area (Å²) in [5, 5.41) is 3.29. The molecular formula is C50H33N5S. The molecule has 0 saturated carbocycles. The second kappa shape index (κ2) is 14.5. The number of hydrogen-bond acceptors (Lipinski definition) is 6. The van der Waals surface area contributed by atoms with Gasteiger partial charge in [-0.25, -0.2) is 19.9 Å². The van der Waals surface area contributed by atoms with Crippen molar-refractivity contribution in [2.24, 2.45) is 0 Å². The fourth-order valence-electron chi connectivity index (χ4n) is 7.08. The number of fused-ring (bicyclic) bond motifs is 2. The van der Waals surface area contributed by atoms with Crippen molar-refractivity contribution in [3.05, 3.63) is 200 Å². The van der Waals surface area contributed by atoms with E-state index in [2.05, 4.69) is 138 Å². The Morgan fingerprint density at radius 3 is 1.39 bits per heavy atom. The van der Waals surface area contributed by atoms with E-state index in [1.807, 2.05) is 66.7 Å². The molecule has 0 spiro atoms. The maximum atomic E-state index is 4.96. The van der Waals surface area contributed by atoms with Gasteiger partial charge in [0.15, 0.2) is 17.5 Å². The van der Waals surface area contributed by atoms with Crippen LogP contribution in [-0.4, -0.2) is 19.9 Å². The van der Waals surface area contributed by atoms with Gasteiger partial charge in [0.05, 0.1) is 10.2 Å². The number of aromatic nitrogens is 4. The van der Waals surface area contributed by atoms with E-state index in [-0.39, 0.29) is 0 Å². The van der Waals surface area contributed by atoms with E-state index < -0.39 is 0 Å². The third-order valence-corrected chi connectivity index (χ3v) is 11.0. The van der Waals surface area contributed by atoms with Crippen molar-refractivity contribution in [2.45, 2.75) is 0 Å². The van der Waals surface area contributed by atoms with Gasteiger partial charge in [0.2, 0.25) is 0 Å². The van der Waals surface area contributed by atoms with Crippen LogP contribution >= 0.6 is 11.3 Å². The van der Waals surface area contributed by atoms with Crippen LogP contribution in [-0.2, 0) is 0 Å². The zero-order valence-electron chi connectivity index (χ0n) is 30.2. The minimum absolute atomic E-state index is 0.642. The number of hydrogen-bond donors (Lipinski definition) is 0. The molecule has 2 heterocycles. The molecule has 6 heteroatoms. The average molecular weight is 736 g/mol. The molecule has 0 aliphatic heterocycles. The second-order valence-electron chi connectivity index (χ2n) is 13.6. The van der Waals surface area contributed by atoms with Gasteiger partial charge in [-0.2, -0.15) is 0 Å². The summed E-state index contributed by atoms with van der Waals surface area (Å²) in [4.78, 5) is 22.0. The molecule has 0 atom stereocenters. The zero-order valence-corrected chi connectivity index (χ0v) is 31.0. The van der Waals surface area contributed by atoms with Crippen molar-refractivity contribution >= 4 is 49.4 Å². The lowest BCUT2D eigenvalue weighted by Crippen LogP contribution is -2.09. The lowest BCUT2D eigenvalue weighted by Gasteiger charge is -2.25. The van der Waals surface area contributed by atoms with Crippen molar-refractivity contribution in [1.29, 1.82) is 0 Å². The molecule has 0 aliphatic carbocycles. The zero-order chi connectivity index (χ0) is 37.3. The highest BCUT2D eigenvalue weighted by Crippen LogP contribution is 2.38. The average Bonchev–Trinajstić information content (AvgIpc) is 3.72. The summed E-state index contributed by atoms with van der Waals surface area (Å²) >= 11 is 1.72. The summed E-state index contributed by atoms with van der Waals surface area (Å²) in [5.74, 6) is 1.94. The Hall–Kier alpha value is -7.28. The van der Waals surface area contributed by atoms with Crippen molar-refractivity contribution in [2.75, 3.05) is 4.90 Å². The van der Waals surface area contributed by atoms with E-state index in [1.165, 1.54) is 4.70 Å². The SMILES string of the molecule is c1ccc(-c2nc(-c3ccccc3)nc(-c3ccc4ccc(-c5ccc(N(c6ccccc6)c6ccc(-c7nc8ccccc8s7)cc6)cc5)cc4c3)n2)cc1. The van der Waals surface area contributed by atoms with E-state index in [4.69, 9.17) is 19.9 Å². The number of anilines is 3. The number of rotatable bonds is 8. The van der Waals surface area contributed by atoms with E-state index in [0.717, 1.165) is 71.7 Å². The predicted octanol–water partition coefficient (Wildman–Crippen LogP) is 13.4. The van der Waals surface area contributed by atoms with Gasteiger partial charge >= 0.3 is 0 Å². The van der Waals surface area contributed by atoms with E-state index in [9.17, 15) is 0 Å². The van der Waals surface area contributed by atoms with Crippen LogP contribution in [0.3, 0.4) is 0 Å². The Balaban J connectivity index is 0.977. The summed E-state index contributed by atoms with van der Waals surface area (Å²) in [6.45, 7) is 0. The summed E-state index contributed by atoms with van der Waals surface area (Å²) in [5.41, 5.74) is 10.5. The molecule has 56 heavy (non-hydrogen) atoms. The minimum Gasteiger partial charge on any atom is -0.311 e. The number of benzene rings is 8. The fraction of sp³-hybridized carbons (Fsp3) is 0. The van der Waals surface area contributed by atoms with Crippen molar-refractivity contribution < 1.29 is 0 Å². The van der Waals surface area contributed by atoms with Crippen LogP contribution in [0, 0.1) is 0 Å². The van der Waals surface area contributed by atoms with E-state index in [0.29, 0.717) is 17.5 Å². The first-order valence-electron chi connectivity index (χ1n) is 18.5. The molecule has 10 rings (SSSR count). The lowest BCUT2D eigenvalue weighted by atomic mass is 9.99. The van der Waals surface area contributed by atoms with Crippen LogP contribution < -0.4 is 4.90 Å². The molecule has 0 aliphatic rings. The highest BCUT2D eigenvalue weighted by molar-refractivity contribution is 7.21. The van der Waals surface area contributed by atoms with Gasteiger partial charge in [0.25, 0.3) is 0 Å². The Morgan fingerprint density at radius 2 is 0.786 bits per heavy atom. The highest BCUT2D eigenvalue weighted by atomic mass is 32.1. The molecule has 0 radical (unpaired) electrons. The van der Waals surface area contributed by atoms with E-state index in [1.54, 1.807) is 11.3 Å². The van der Waals surface area contributed by atoms with Gasteiger partial charge in [0, 0.05) is 39.3 Å². The Bertz CT molecular complexity index is 2860. The monoisotopic (exact) mass is 735 g/mol. The Kier molecular flexibility index (Phi) is 8.63. The highest BCUT2D eigenvalue weighted by Gasteiger charge is 2.16. The standard InChI is InChI=1S/C50H33N5S/c1-4-12-36(13-5-1)47-52-48(37-14-6-2-7-15-37)54-49(53-47)40-23-21-35-20-22-39(32-41(35)33-40)34-24-28-43(29-25-34)55(42-16-8-3-9-17-42)44-30-26-38(27-31-44)50-51-45-18-10-11-19-46(45)56-50/h1-33H. The third-order valence-electron chi connectivity index (χ3n) is 9.94. The fourth-order valence-corrected chi connectivity index (χ4v) is 8.05. The number of para-hydroxylation sites is 2. The molecule has 8 aromatic carbocycles. The summed E-state index contributed by atoms with van der Waals surface area (Å²) in [6.07, 6.45) is 0. The van der Waals surface area contributed by atoms with Crippen LogP contribution in [0.1, 0.15) is 0 Å². The largest absolute Gasteiger partial charge is 0.311 e. The molecule has 0 N–H and O–H groups in total. The molecule has 0 fully saturated rings. The van der Waals surface area contributed by atoms with Crippen LogP contribution in [0.5, 0.6) is 0 Å². The lowest BCUT2D eigenvalue weighted by molar-refractivity contribution is 1.07. The van der Waals surface area contributed by atoms with Crippen LogP contribution in [0.4, 0.5) is 17.1 Å². The maximum Gasteiger partial charge on any atom is 0.164 e. The van der Waals surface area contributed by atoms with Gasteiger partial charge in [-0.05, 0) is 94.7 Å². The maximum absolute atomic E-state index is 4.96. The molecule has 2 aromatic heterocycles. The normalized spacial score (nSPS) is 11.2. The first-order valence-corrected chi connectivity index (χ1v) is 19.4. The molecule has 0 unspecified atom stereocenters. The van der Waals surface area contributed by atoms with Crippen molar-refractivity contribution in [3.8, 4) is 55.9 Å². The molecule has 0 saturated heterocycles. The molecule has 264 valence electrons.